The van der Waals surface area contributed by atoms with Crippen molar-refractivity contribution >= 4 is 16.2 Å². The van der Waals surface area contributed by atoms with E-state index in [2.05, 4.69) is 0 Å². The molecule has 5 heteroatoms. The highest BCUT2D eigenvalue weighted by Crippen LogP contribution is 2.10. The van der Waals surface area contributed by atoms with E-state index in [0.29, 0.717) is 0 Å². The third-order valence-electron chi connectivity index (χ3n) is 1.26. The van der Waals surface area contributed by atoms with Crippen molar-refractivity contribution in [1.82, 2.24) is 0 Å². The van der Waals surface area contributed by atoms with Gasteiger partial charge in [-0.1, -0.05) is 0 Å². The monoisotopic (exact) mass is 186 g/mol. The van der Waals surface area contributed by atoms with Crippen molar-refractivity contribution in [2.45, 2.75) is 0 Å². The van der Waals surface area contributed by atoms with Gasteiger partial charge in [-0.05, 0) is 24.3 Å². The fraction of sp³-hybridized carbons (Fsp3) is 0. The third-order valence-corrected chi connectivity index (χ3v) is 1.81. The van der Waals surface area contributed by atoms with Crippen molar-refractivity contribution in [2.75, 3.05) is 0 Å². The fourth-order valence-corrected chi connectivity index (χ4v) is 1.04. The molecule has 0 amide bonds. The minimum absolute atomic E-state index is 0.00951. The van der Waals surface area contributed by atoms with Gasteiger partial charge in [0.25, 0.3) is 5.12 Å². The molecule has 64 valence electrons. The second kappa shape index (κ2) is 3.46. The van der Waals surface area contributed by atoms with E-state index < -0.39 is 16.2 Å². The summed E-state index contributed by atoms with van der Waals surface area (Å²) in [5.41, 5.74) is 0.105. The van der Waals surface area contributed by atoms with Crippen LogP contribution in [0, 0.1) is 0 Å². The van der Waals surface area contributed by atoms with E-state index in [1.54, 1.807) is 0 Å². The van der Waals surface area contributed by atoms with Gasteiger partial charge in [-0.15, -0.1) is 0 Å². The Morgan fingerprint density at radius 2 is 1.75 bits per heavy atom. The van der Waals surface area contributed by atoms with Gasteiger partial charge in [0.2, 0.25) is 11.1 Å². The van der Waals surface area contributed by atoms with Gasteiger partial charge in [-0.2, -0.15) is 0 Å². The Bertz CT molecular complexity index is 317. The summed E-state index contributed by atoms with van der Waals surface area (Å²) in [6.45, 7) is 0. The Morgan fingerprint density at radius 1 is 1.25 bits per heavy atom. The molecule has 0 aliphatic carbocycles. The van der Waals surface area contributed by atoms with E-state index in [9.17, 15) is 9.00 Å². The van der Waals surface area contributed by atoms with Crippen molar-refractivity contribution in [1.29, 1.82) is 0 Å². The van der Waals surface area contributed by atoms with Crippen molar-refractivity contribution in [3.63, 3.8) is 0 Å². The Balaban J connectivity index is 2.98. The second-order valence-corrected chi connectivity index (χ2v) is 2.95. The highest BCUT2D eigenvalue weighted by Gasteiger charge is 2.10. The molecular formula is C7H6O4S. The topological polar surface area (TPSA) is 74.6 Å². The minimum Gasteiger partial charge on any atom is -0.508 e. The average molecular weight is 186 g/mol. The maximum atomic E-state index is 10.8. The lowest BCUT2D eigenvalue weighted by atomic mass is 10.2. The van der Waals surface area contributed by atoms with Crippen LogP contribution >= 0.6 is 0 Å². The highest BCUT2D eigenvalue weighted by atomic mass is 32.2. The zero-order valence-corrected chi connectivity index (χ0v) is 6.75. The molecule has 1 unspecified atom stereocenters. The summed E-state index contributed by atoms with van der Waals surface area (Å²) < 4.78 is 18.7. The Morgan fingerprint density at radius 3 is 2.17 bits per heavy atom. The second-order valence-electron chi connectivity index (χ2n) is 2.08. The van der Waals surface area contributed by atoms with Gasteiger partial charge in [0, 0.05) is 5.56 Å². The van der Waals surface area contributed by atoms with Crippen LogP contribution in [0.4, 0.5) is 0 Å². The molecule has 0 aliphatic heterocycles. The SMILES string of the molecule is O=C(c1ccc(O)cc1)S(=O)O. The average Bonchev–Trinajstić information content (AvgIpc) is 2.04. The molecule has 1 atom stereocenters. The van der Waals surface area contributed by atoms with E-state index in [1.165, 1.54) is 24.3 Å². The molecule has 0 heterocycles. The summed E-state index contributed by atoms with van der Waals surface area (Å²) in [6, 6.07) is 5.12. The van der Waals surface area contributed by atoms with Crippen molar-refractivity contribution in [2.24, 2.45) is 0 Å². The maximum absolute atomic E-state index is 10.8. The van der Waals surface area contributed by atoms with E-state index in [-0.39, 0.29) is 11.3 Å². The van der Waals surface area contributed by atoms with E-state index >= 15 is 0 Å². The predicted octanol–water partition coefficient (Wildman–Crippen LogP) is 0.754. The summed E-state index contributed by atoms with van der Waals surface area (Å²) in [7, 11) is 0. The molecule has 0 saturated heterocycles. The number of rotatable bonds is 1. The van der Waals surface area contributed by atoms with E-state index in [4.69, 9.17) is 9.66 Å². The molecular weight excluding hydrogens is 180 g/mol. The molecule has 2 N–H and O–H groups in total. The minimum atomic E-state index is -2.49. The molecule has 0 aromatic heterocycles. The number of benzene rings is 1. The largest absolute Gasteiger partial charge is 0.508 e. The van der Waals surface area contributed by atoms with Gasteiger partial charge < -0.3 is 5.11 Å². The summed E-state index contributed by atoms with van der Waals surface area (Å²) in [6.07, 6.45) is 0. The first-order chi connectivity index (χ1) is 5.61. The molecule has 4 nitrogen and oxygen atoms in total. The summed E-state index contributed by atoms with van der Waals surface area (Å²) in [4.78, 5) is 10.8. The molecule has 1 rings (SSSR count). The number of phenols is 1. The number of hydrogen-bond acceptors (Lipinski definition) is 3. The first kappa shape index (κ1) is 8.89. The van der Waals surface area contributed by atoms with Gasteiger partial charge >= 0.3 is 0 Å². The van der Waals surface area contributed by atoms with Crippen LogP contribution in [0.3, 0.4) is 0 Å². The van der Waals surface area contributed by atoms with Crippen LogP contribution in [0.2, 0.25) is 0 Å². The van der Waals surface area contributed by atoms with Crippen LogP contribution in [0.5, 0.6) is 5.75 Å². The number of phenolic OH excluding ortho intramolecular Hbond substituents is 1. The molecule has 0 radical (unpaired) electrons. The molecule has 0 fully saturated rings. The first-order valence-electron chi connectivity index (χ1n) is 3.05. The van der Waals surface area contributed by atoms with E-state index in [0.717, 1.165) is 0 Å². The summed E-state index contributed by atoms with van der Waals surface area (Å²) in [5, 5.41) is 7.96. The van der Waals surface area contributed by atoms with Gasteiger partial charge in [-0.3, -0.25) is 9.35 Å². The van der Waals surface area contributed by atoms with Crippen molar-refractivity contribution in [3.05, 3.63) is 29.8 Å². The van der Waals surface area contributed by atoms with Crippen molar-refractivity contribution < 1.29 is 18.7 Å². The number of aromatic hydroxyl groups is 1. The molecule has 0 bridgehead atoms. The van der Waals surface area contributed by atoms with E-state index in [1.807, 2.05) is 0 Å². The summed E-state index contributed by atoms with van der Waals surface area (Å²) in [5.74, 6) is 0.00951. The number of carbonyl (C=O) groups excluding carboxylic acids is 1. The van der Waals surface area contributed by atoms with Gasteiger partial charge in [0.15, 0.2) is 0 Å². The molecule has 0 aliphatic rings. The Hall–Kier alpha value is -1.20. The number of hydrogen-bond donors (Lipinski definition) is 2. The fourth-order valence-electron chi connectivity index (χ4n) is 0.698. The smallest absolute Gasteiger partial charge is 0.276 e. The molecule has 0 saturated carbocycles. The van der Waals surface area contributed by atoms with Gasteiger partial charge in [0.05, 0.1) is 0 Å². The lowest BCUT2D eigenvalue weighted by molar-refractivity contribution is 0.107. The lowest BCUT2D eigenvalue weighted by Crippen LogP contribution is -2.05. The molecule has 0 spiro atoms. The lowest BCUT2D eigenvalue weighted by Gasteiger charge is -1.95. The van der Waals surface area contributed by atoms with Crippen LogP contribution < -0.4 is 0 Å². The van der Waals surface area contributed by atoms with Crippen LogP contribution in [-0.2, 0) is 11.1 Å². The zero-order valence-electron chi connectivity index (χ0n) is 5.93. The third kappa shape index (κ3) is 1.90. The van der Waals surface area contributed by atoms with Crippen LogP contribution in [0.15, 0.2) is 24.3 Å². The molecule has 1 aromatic carbocycles. The first-order valence-corrected chi connectivity index (χ1v) is 4.16. The standard InChI is InChI=1S/C7H6O4S/c8-6-3-1-5(2-4-6)7(9)12(10)11/h1-4,8H,(H,10,11). The van der Waals surface area contributed by atoms with Gasteiger partial charge in [-0.25, -0.2) is 4.21 Å². The molecule has 12 heavy (non-hydrogen) atoms. The van der Waals surface area contributed by atoms with Crippen LogP contribution in [0.1, 0.15) is 10.4 Å². The highest BCUT2D eigenvalue weighted by molar-refractivity contribution is 7.95. The Labute approximate surface area is 71.1 Å². The normalized spacial score (nSPS) is 12.4. The quantitative estimate of drug-likeness (QED) is 0.635. The Kier molecular flexibility index (Phi) is 2.57. The maximum Gasteiger partial charge on any atom is 0.276 e. The summed E-state index contributed by atoms with van der Waals surface area (Å²) >= 11 is -2.49. The van der Waals surface area contributed by atoms with Crippen molar-refractivity contribution in [3.8, 4) is 5.75 Å². The van der Waals surface area contributed by atoms with Crippen LogP contribution in [0.25, 0.3) is 0 Å². The zero-order chi connectivity index (χ0) is 9.14. The molecule has 1 aromatic rings. The number of carbonyl (C=O) groups is 1. The predicted molar refractivity (Wildman–Crippen MR) is 43.2 cm³/mol. The van der Waals surface area contributed by atoms with Crippen LogP contribution in [-0.4, -0.2) is 19.0 Å². The van der Waals surface area contributed by atoms with Gasteiger partial charge in [0.1, 0.15) is 5.75 Å².